The molecule has 6 nitrogen and oxygen atoms in total. The summed E-state index contributed by atoms with van der Waals surface area (Å²) in [5, 5.41) is 8.90. The molecule has 0 aliphatic carbocycles. The number of hydrogen-bond donors (Lipinski definition) is 1. The van der Waals surface area contributed by atoms with Gasteiger partial charge in [-0.3, -0.25) is 4.79 Å². The van der Waals surface area contributed by atoms with E-state index in [0.717, 1.165) is 31.4 Å². The zero-order valence-corrected chi connectivity index (χ0v) is 12.6. The van der Waals surface area contributed by atoms with Gasteiger partial charge < -0.3 is 14.4 Å². The molecule has 1 fully saturated rings. The van der Waals surface area contributed by atoms with Crippen LogP contribution in [0.25, 0.3) is 0 Å². The Morgan fingerprint density at radius 3 is 2.74 bits per heavy atom. The zero-order valence-electron chi connectivity index (χ0n) is 12.6. The van der Waals surface area contributed by atoms with Crippen molar-refractivity contribution in [2.24, 2.45) is 0 Å². The molecule has 1 N–H and O–H groups in total. The third-order valence-corrected chi connectivity index (χ3v) is 4.11. The summed E-state index contributed by atoms with van der Waals surface area (Å²) < 4.78 is 5.51. The number of carboxylic acid groups (broad SMARTS) is 1. The van der Waals surface area contributed by atoms with Crippen LogP contribution in [0.4, 0.5) is 0 Å². The molecule has 1 atom stereocenters. The van der Waals surface area contributed by atoms with Crippen molar-refractivity contribution in [3.63, 3.8) is 0 Å². The molecule has 0 radical (unpaired) electrons. The van der Waals surface area contributed by atoms with Gasteiger partial charge >= 0.3 is 5.97 Å². The Morgan fingerprint density at radius 1 is 1.22 bits per heavy atom. The van der Waals surface area contributed by atoms with Crippen LogP contribution in [0, 0.1) is 0 Å². The summed E-state index contributed by atoms with van der Waals surface area (Å²) in [7, 11) is 0. The Morgan fingerprint density at radius 2 is 2.09 bits per heavy atom. The van der Waals surface area contributed by atoms with Gasteiger partial charge in [-0.2, -0.15) is 0 Å². The van der Waals surface area contributed by atoms with Gasteiger partial charge in [-0.1, -0.05) is 12.8 Å². The van der Waals surface area contributed by atoms with Gasteiger partial charge in [-0.25, -0.2) is 9.78 Å². The van der Waals surface area contributed by atoms with E-state index in [9.17, 15) is 9.59 Å². The fourth-order valence-electron chi connectivity index (χ4n) is 2.94. The van der Waals surface area contributed by atoms with Gasteiger partial charge in [0.05, 0.1) is 17.9 Å². The van der Waals surface area contributed by atoms with Crippen LogP contribution in [0.5, 0.6) is 0 Å². The molecule has 2 aromatic rings. The highest BCUT2D eigenvalue weighted by Gasteiger charge is 2.29. The highest BCUT2D eigenvalue weighted by molar-refractivity contribution is 5.95. The number of amides is 1. The van der Waals surface area contributed by atoms with Crippen molar-refractivity contribution in [3.05, 3.63) is 53.7 Å². The summed E-state index contributed by atoms with van der Waals surface area (Å²) >= 11 is 0. The van der Waals surface area contributed by atoms with Crippen LogP contribution in [0.2, 0.25) is 0 Å². The lowest BCUT2D eigenvalue weighted by atomic mass is 10.1. The molecule has 2 aromatic heterocycles. The first-order chi connectivity index (χ1) is 11.2. The van der Waals surface area contributed by atoms with Crippen LogP contribution in [-0.2, 0) is 0 Å². The third-order valence-electron chi connectivity index (χ3n) is 4.11. The standard InChI is InChI=1S/C17H18N2O4/c20-16(12-7-8-13(17(21)22)18-11-12)19-9-3-1-2-5-14(19)15-6-4-10-23-15/h4,6-8,10-11,14H,1-3,5,9H2,(H,21,22)/t14-/m0/s1. The molecule has 1 saturated heterocycles. The summed E-state index contributed by atoms with van der Waals surface area (Å²) in [5.74, 6) is -0.458. The minimum atomic E-state index is -1.10. The minimum absolute atomic E-state index is 0.0694. The molecule has 1 amide bonds. The van der Waals surface area contributed by atoms with Gasteiger partial charge in [-0.15, -0.1) is 0 Å². The van der Waals surface area contributed by atoms with E-state index in [1.807, 2.05) is 17.0 Å². The van der Waals surface area contributed by atoms with Crippen molar-refractivity contribution in [2.45, 2.75) is 31.7 Å². The second-order valence-corrected chi connectivity index (χ2v) is 5.62. The lowest BCUT2D eigenvalue weighted by molar-refractivity contribution is 0.0652. The van der Waals surface area contributed by atoms with E-state index in [0.29, 0.717) is 12.1 Å². The van der Waals surface area contributed by atoms with Crippen molar-refractivity contribution in [3.8, 4) is 0 Å². The molecule has 23 heavy (non-hydrogen) atoms. The van der Waals surface area contributed by atoms with E-state index in [1.165, 1.54) is 18.3 Å². The number of hydrogen-bond acceptors (Lipinski definition) is 4. The average molecular weight is 314 g/mol. The van der Waals surface area contributed by atoms with E-state index < -0.39 is 5.97 Å². The Hall–Kier alpha value is -2.63. The Kier molecular flexibility index (Phi) is 4.41. The first kappa shape index (κ1) is 15.3. The Bertz CT molecular complexity index is 679. The molecule has 0 unspecified atom stereocenters. The Balaban J connectivity index is 1.86. The summed E-state index contributed by atoms with van der Waals surface area (Å²) in [4.78, 5) is 29.3. The summed E-state index contributed by atoms with van der Waals surface area (Å²) in [6.07, 6.45) is 6.88. The molecule has 0 spiro atoms. The smallest absolute Gasteiger partial charge is 0.354 e. The second kappa shape index (κ2) is 6.64. The number of pyridine rings is 1. The van der Waals surface area contributed by atoms with Gasteiger partial charge in [0.2, 0.25) is 0 Å². The van der Waals surface area contributed by atoms with E-state index in [-0.39, 0.29) is 17.6 Å². The molecular weight excluding hydrogens is 296 g/mol. The van der Waals surface area contributed by atoms with Gasteiger partial charge in [0.25, 0.3) is 5.91 Å². The minimum Gasteiger partial charge on any atom is -0.477 e. The molecule has 1 aliphatic rings. The van der Waals surface area contributed by atoms with E-state index in [1.54, 1.807) is 6.26 Å². The lowest BCUT2D eigenvalue weighted by Crippen LogP contribution is -2.34. The van der Waals surface area contributed by atoms with Gasteiger partial charge in [0.15, 0.2) is 0 Å². The van der Waals surface area contributed by atoms with E-state index in [2.05, 4.69) is 4.98 Å². The normalized spacial score (nSPS) is 18.4. The monoisotopic (exact) mass is 314 g/mol. The van der Waals surface area contributed by atoms with Gasteiger partial charge in [0, 0.05) is 12.7 Å². The van der Waals surface area contributed by atoms with Crippen LogP contribution < -0.4 is 0 Å². The molecule has 3 rings (SSSR count). The zero-order chi connectivity index (χ0) is 16.2. The summed E-state index contributed by atoms with van der Waals surface area (Å²) in [6, 6.07) is 6.51. The number of carboxylic acids is 1. The molecule has 0 saturated carbocycles. The van der Waals surface area contributed by atoms with Crippen LogP contribution in [0.1, 0.15) is 58.3 Å². The second-order valence-electron chi connectivity index (χ2n) is 5.62. The van der Waals surface area contributed by atoms with Crippen molar-refractivity contribution in [1.82, 2.24) is 9.88 Å². The quantitative estimate of drug-likeness (QED) is 0.941. The predicted molar refractivity (Wildman–Crippen MR) is 82.1 cm³/mol. The molecule has 120 valence electrons. The molecule has 1 aliphatic heterocycles. The summed E-state index contributed by atoms with van der Waals surface area (Å²) in [6.45, 7) is 0.658. The van der Waals surface area contributed by atoms with E-state index in [4.69, 9.17) is 9.52 Å². The maximum Gasteiger partial charge on any atom is 0.354 e. The SMILES string of the molecule is O=C(O)c1ccc(C(=O)N2CCCCC[C@H]2c2ccco2)cn1. The number of furan rings is 1. The molecular formula is C17H18N2O4. The number of carbonyl (C=O) groups excluding carboxylic acids is 1. The van der Waals surface area contributed by atoms with Crippen LogP contribution in [0.3, 0.4) is 0 Å². The maximum atomic E-state index is 12.8. The number of rotatable bonds is 3. The van der Waals surface area contributed by atoms with Crippen molar-refractivity contribution in [2.75, 3.05) is 6.54 Å². The highest BCUT2D eigenvalue weighted by Crippen LogP contribution is 2.31. The highest BCUT2D eigenvalue weighted by atomic mass is 16.4. The first-order valence-electron chi connectivity index (χ1n) is 7.70. The van der Waals surface area contributed by atoms with Crippen molar-refractivity contribution < 1.29 is 19.1 Å². The van der Waals surface area contributed by atoms with E-state index >= 15 is 0 Å². The van der Waals surface area contributed by atoms with Gasteiger partial charge in [0.1, 0.15) is 11.5 Å². The third kappa shape index (κ3) is 3.26. The van der Waals surface area contributed by atoms with Crippen molar-refractivity contribution in [1.29, 1.82) is 0 Å². The van der Waals surface area contributed by atoms with Gasteiger partial charge in [-0.05, 0) is 37.1 Å². The van der Waals surface area contributed by atoms with Crippen molar-refractivity contribution >= 4 is 11.9 Å². The molecule has 0 aromatic carbocycles. The molecule has 0 bridgehead atoms. The largest absolute Gasteiger partial charge is 0.477 e. The number of carbonyl (C=O) groups is 2. The van der Waals surface area contributed by atoms with Crippen LogP contribution in [-0.4, -0.2) is 33.4 Å². The fourth-order valence-corrected chi connectivity index (χ4v) is 2.94. The number of aromatic nitrogens is 1. The topological polar surface area (TPSA) is 83.6 Å². The average Bonchev–Trinajstić information content (AvgIpc) is 2.99. The predicted octanol–water partition coefficient (Wildman–Crippen LogP) is 3.13. The number of nitrogens with zero attached hydrogens (tertiary/aromatic N) is 2. The Labute approximate surface area is 133 Å². The first-order valence-corrected chi connectivity index (χ1v) is 7.70. The van der Waals surface area contributed by atoms with Crippen LogP contribution >= 0.6 is 0 Å². The lowest BCUT2D eigenvalue weighted by Gasteiger charge is -2.28. The number of likely N-dealkylation sites (tertiary alicyclic amines) is 1. The molecule has 6 heteroatoms. The maximum absolute atomic E-state index is 12.8. The molecule has 3 heterocycles. The van der Waals surface area contributed by atoms with Crippen LogP contribution in [0.15, 0.2) is 41.1 Å². The summed E-state index contributed by atoms with van der Waals surface area (Å²) in [5.41, 5.74) is 0.327. The number of aromatic carboxylic acids is 1. The fraction of sp³-hybridized carbons (Fsp3) is 0.353.